The van der Waals surface area contributed by atoms with Gasteiger partial charge in [-0.05, 0) is 31.4 Å². The summed E-state index contributed by atoms with van der Waals surface area (Å²) in [5.41, 5.74) is 1.12. The Kier molecular flexibility index (Phi) is 15.8. The molecule has 0 aromatic heterocycles. The molecule has 156 valence electrons. The van der Waals surface area contributed by atoms with Crippen LogP contribution in [0.25, 0.3) is 0 Å². The summed E-state index contributed by atoms with van der Waals surface area (Å²) in [5, 5.41) is 0. The second-order valence-corrected chi connectivity index (χ2v) is 8.43. The van der Waals surface area contributed by atoms with E-state index in [0.29, 0.717) is 0 Å². The highest BCUT2D eigenvalue weighted by atomic mass is 31.2. The number of unbranched alkanes of at least 4 members (excludes halogenated alkanes) is 10. The molecular weight excluding hydrogens is 355 g/mol. The van der Waals surface area contributed by atoms with Crippen LogP contribution in [0.1, 0.15) is 96.5 Å². The topological polar surface area (TPSA) is 27.7 Å². The number of rotatable bonds is 18. The summed E-state index contributed by atoms with van der Waals surface area (Å²) in [6.45, 7) is 8.01. The number of hydrogen-bond acceptors (Lipinski definition) is 3. The Morgan fingerprint density at radius 2 is 1.15 bits per heavy atom. The van der Waals surface area contributed by atoms with E-state index in [1.807, 2.05) is 18.2 Å². The van der Waals surface area contributed by atoms with Crippen LogP contribution in [0, 0.1) is 6.92 Å². The molecule has 0 aliphatic carbocycles. The van der Waals surface area contributed by atoms with E-state index in [4.69, 9.17) is 13.6 Å². The van der Waals surface area contributed by atoms with Crippen molar-refractivity contribution in [2.75, 3.05) is 13.2 Å². The summed E-state index contributed by atoms with van der Waals surface area (Å²) in [4.78, 5) is 0. The molecule has 0 spiro atoms. The van der Waals surface area contributed by atoms with Gasteiger partial charge in [0.05, 0.1) is 13.2 Å². The Hall–Kier alpha value is -0.630. The van der Waals surface area contributed by atoms with E-state index in [9.17, 15) is 0 Å². The predicted molar refractivity (Wildman–Crippen MR) is 117 cm³/mol. The van der Waals surface area contributed by atoms with Gasteiger partial charge in [-0.25, -0.2) is 0 Å². The molecule has 0 saturated carbocycles. The number of benzene rings is 1. The number of para-hydroxylation sites is 1. The van der Waals surface area contributed by atoms with Crippen molar-refractivity contribution in [3.8, 4) is 5.75 Å². The quantitative estimate of drug-likeness (QED) is 0.184. The van der Waals surface area contributed by atoms with Crippen LogP contribution in [0.15, 0.2) is 24.3 Å². The van der Waals surface area contributed by atoms with Gasteiger partial charge in [-0.15, -0.1) is 0 Å². The van der Waals surface area contributed by atoms with Crippen LogP contribution in [0.2, 0.25) is 0 Å². The molecule has 0 bridgehead atoms. The smallest absolute Gasteiger partial charge is 0.397 e. The molecule has 27 heavy (non-hydrogen) atoms. The van der Waals surface area contributed by atoms with Crippen LogP contribution in [0.3, 0.4) is 0 Å². The highest BCUT2D eigenvalue weighted by molar-refractivity contribution is 7.42. The van der Waals surface area contributed by atoms with Crippen LogP contribution in [-0.4, -0.2) is 13.2 Å². The molecule has 0 amide bonds. The standard InChI is InChI=1S/C23H41O3P/c1-4-6-8-10-12-16-20-24-27(25-21-17-13-11-9-7-5-2)26-23-19-15-14-18-22(23)3/h14-15,18-19H,4-13,16-17,20-21H2,1-3H3. The van der Waals surface area contributed by atoms with Crippen LogP contribution < -0.4 is 4.52 Å². The third-order valence-electron chi connectivity index (χ3n) is 4.66. The zero-order valence-corrected chi connectivity index (χ0v) is 18.8. The van der Waals surface area contributed by atoms with Crippen LogP contribution in [0.5, 0.6) is 5.75 Å². The molecule has 4 heteroatoms. The van der Waals surface area contributed by atoms with Gasteiger partial charge in [0.25, 0.3) is 0 Å². The minimum atomic E-state index is -1.31. The van der Waals surface area contributed by atoms with Gasteiger partial charge >= 0.3 is 8.60 Å². The fourth-order valence-electron chi connectivity index (χ4n) is 2.87. The van der Waals surface area contributed by atoms with Crippen molar-refractivity contribution in [3.05, 3.63) is 29.8 Å². The Bertz CT molecular complexity index is 435. The van der Waals surface area contributed by atoms with Crippen molar-refractivity contribution in [2.45, 2.75) is 97.8 Å². The molecule has 0 unspecified atom stereocenters. The molecule has 0 heterocycles. The average Bonchev–Trinajstić information content (AvgIpc) is 2.68. The van der Waals surface area contributed by atoms with E-state index in [1.165, 1.54) is 64.2 Å². The molecule has 0 N–H and O–H groups in total. The van der Waals surface area contributed by atoms with Crippen LogP contribution in [0.4, 0.5) is 0 Å². The third kappa shape index (κ3) is 13.2. The van der Waals surface area contributed by atoms with E-state index in [0.717, 1.165) is 37.4 Å². The lowest BCUT2D eigenvalue weighted by Crippen LogP contribution is -2.01. The summed E-state index contributed by atoms with van der Waals surface area (Å²) < 4.78 is 18.0. The van der Waals surface area contributed by atoms with E-state index in [2.05, 4.69) is 26.8 Å². The molecule has 0 radical (unpaired) electrons. The van der Waals surface area contributed by atoms with Gasteiger partial charge < -0.3 is 13.6 Å². The van der Waals surface area contributed by atoms with Gasteiger partial charge in [0.2, 0.25) is 0 Å². The largest absolute Gasteiger partial charge is 0.426 e. The van der Waals surface area contributed by atoms with Gasteiger partial charge in [-0.2, -0.15) is 0 Å². The molecule has 1 aromatic rings. The van der Waals surface area contributed by atoms with Gasteiger partial charge in [-0.1, -0.05) is 96.3 Å². The minimum Gasteiger partial charge on any atom is -0.426 e. The summed E-state index contributed by atoms with van der Waals surface area (Å²) in [6.07, 6.45) is 15.1. The van der Waals surface area contributed by atoms with E-state index in [-0.39, 0.29) is 0 Å². The summed E-state index contributed by atoms with van der Waals surface area (Å²) >= 11 is 0. The molecule has 1 rings (SSSR count). The molecule has 0 atom stereocenters. The normalized spacial score (nSPS) is 11.3. The zero-order valence-electron chi connectivity index (χ0n) is 17.9. The lowest BCUT2D eigenvalue weighted by Gasteiger charge is -2.18. The first-order chi connectivity index (χ1) is 13.3. The molecule has 3 nitrogen and oxygen atoms in total. The fraction of sp³-hybridized carbons (Fsp3) is 0.739. The zero-order chi connectivity index (χ0) is 19.6. The first kappa shape index (κ1) is 24.4. The van der Waals surface area contributed by atoms with Gasteiger partial charge in [-0.3, -0.25) is 0 Å². The van der Waals surface area contributed by atoms with E-state index < -0.39 is 8.60 Å². The number of aryl methyl sites for hydroxylation is 1. The van der Waals surface area contributed by atoms with Crippen molar-refractivity contribution >= 4 is 8.60 Å². The first-order valence-corrected chi connectivity index (χ1v) is 12.2. The maximum Gasteiger partial charge on any atom is 0.397 e. The van der Waals surface area contributed by atoms with E-state index in [1.54, 1.807) is 0 Å². The lowest BCUT2D eigenvalue weighted by atomic mass is 10.1. The van der Waals surface area contributed by atoms with Crippen molar-refractivity contribution < 1.29 is 13.6 Å². The van der Waals surface area contributed by atoms with Crippen LogP contribution in [-0.2, 0) is 9.05 Å². The highest BCUT2D eigenvalue weighted by Crippen LogP contribution is 2.42. The maximum absolute atomic E-state index is 6.06. The lowest BCUT2D eigenvalue weighted by molar-refractivity contribution is 0.198. The molecule has 0 aliphatic rings. The second kappa shape index (κ2) is 17.5. The van der Waals surface area contributed by atoms with Gasteiger partial charge in [0.1, 0.15) is 5.75 Å². The molecule has 0 aliphatic heterocycles. The van der Waals surface area contributed by atoms with Gasteiger partial charge in [0.15, 0.2) is 0 Å². The first-order valence-electron chi connectivity index (χ1n) is 11.1. The number of hydrogen-bond donors (Lipinski definition) is 0. The Balaban J connectivity index is 2.29. The molecule has 0 fully saturated rings. The SMILES string of the molecule is CCCCCCCCOP(OCCCCCCCC)Oc1ccccc1C. The Morgan fingerprint density at radius 1 is 0.667 bits per heavy atom. The maximum atomic E-state index is 6.06. The summed E-state index contributed by atoms with van der Waals surface area (Å²) in [7, 11) is -1.31. The molecule has 0 saturated heterocycles. The minimum absolute atomic E-state index is 0.722. The van der Waals surface area contributed by atoms with Crippen molar-refractivity contribution in [3.63, 3.8) is 0 Å². The third-order valence-corrected chi connectivity index (χ3v) is 5.79. The van der Waals surface area contributed by atoms with Crippen LogP contribution >= 0.6 is 8.60 Å². The highest BCUT2D eigenvalue weighted by Gasteiger charge is 2.15. The monoisotopic (exact) mass is 396 g/mol. The predicted octanol–water partition coefficient (Wildman–Crippen LogP) is 8.35. The average molecular weight is 397 g/mol. The van der Waals surface area contributed by atoms with E-state index >= 15 is 0 Å². The second-order valence-electron chi connectivity index (χ2n) is 7.28. The summed E-state index contributed by atoms with van der Waals surface area (Å²) in [5.74, 6) is 0.870. The summed E-state index contributed by atoms with van der Waals surface area (Å²) in [6, 6.07) is 8.08. The molecule has 1 aromatic carbocycles. The Labute approximate surface area is 169 Å². The van der Waals surface area contributed by atoms with Gasteiger partial charge in [0, 0.05) is 0 Å². The van der Waals surface area contributed by atoms with Crippen molar-refractivity contribution in [2.24, 2.45) is 0 Å². The molecular formula is C23H41O3P. The van der Waals surface area contributed by atoms with Crippen molar-refractivity contribution in [1.82, 2.24) is 0 Å². The van der Waals surface area contributed by atoms with Crippen molar-refractivity contribution in [1.29, 1.82) is 0 Å². The fourth-order valence-corrected chi connectivity index (χ4v) is 3.97. The Morgan fingerprint density at radius 3 is 1.67 bits per heavy atom.